The number of carboxylic acid groups (broad SMARTS) is 1. The molecule has 3 rings (SSSR count). The summed E-state index contributed by atoms with van der Waals surface area (Å²) in [6, 6.07) is 12.1. The molecule has 116 valence electrons. The van der Waals surface area contributed by atoms with Gasteiger partial charge in [-0.1, -0.05) is 30.3 Å². The molecule has 3 aromatic rings. The largest absolute Gasteiger partial charge is 0.477 e. The molecule has 0 radical (unpaired) electrons. The molecule has 7 nitrogen and oxygen atoms in total. The molecule has 3 N–H and O–H groups in total. The zero-order valence-electron chi connectivity index (χ0n) is 11.9. The van der Waals surface area contributed by atoms with Gasteiger partial charge in [-0.3, -0.25) is 4.79 Å². The SMILES string of the molecule is O=C(N[C@@H](c1ccccc1)c1ccco1)c1nc[nH]c1C(=O)O. The average Bonchev–Trinajstić information content (AvgIpc) is 3.24. The quantitative estimate of drug-likeness (QED) is 0.669. The van der Waals surface area contributed by atoms with Crippen LogP contribution in [0.15, 0.2) is 59.5 Å². The first-order valence-electron chi connectivity index (χ1n) is 6.82. The lowest BCUT2D eigenvalue weighted by Crippen LogP contribution is -2.30. The number of hydrogen-bond acceptors (Lipinski definition) is 4. The molecule has 0 bridgehead atoms. The van der Waals surface area contributed by atoms with Crippen molar-refractivity contribution in [1.29, 1.82) is 0 Å². The average molecular weight is 311 g/mol. The number of nitrogens with one attached hydrogen (secondary N) is 2. The van der Waals surface area contributed by atoms with Crippen LogP contribution >= 0.6 is 0 Å². The fourth-order valence-electron chi connectivity index (χ4n) is 2.25. The van der Waals surface area contributed by atoms with Gasteiger partial charge in [-0.25, -0.2) is 9.78 Å². The number of carbonyl (C=O) groups excluding carboxylic acids is 1. The van der Waals surface area contributed by atoms with Crippen LogP contribution in [-0.4, -0.2) is 27.0 Å². The topological polar surface area (TPSA) is 108 Å². The van der Waals surface area contributed by atoms with Gasteiger partial charge in [0, 0.05) is 0 Å². The second-order valence-electron chi connectivity index (χ2n) is 4.76. The Balaban J connectivity index is 1.92. The van der Waals surface area contributed by atoms with Crippen molar-refractivity contribution >= 4 is 11.9 Å². The van der Waals surface area contributed by atoms with Crippen molar-refractivity contribution in [3.8, 4) is 0 Å². The van der Waals surface area contributed by atoms with Crippen LogP contribution in [0, 0.1) is 0 Å². The molecule has 0 aliphatic rings. The van der Waals surface area contributed by atoms with Crippen LogP contribution in [0.1, 0.15) is 38.3 Å². The molecule has 0 aliphatic carbocycles. The van der Waals surface area contributed by atoms with Gasteiger partial charge >= 0.3 is 5.97 Å². The normalized spacial score (nSPS) is 11.8. The second kappa shape index (κ2) is 6.18. The molecule has 1 aromatic carbocycles. The van der Waals surface area contributed by atoms with Crippen LogP contribution in [0.3, 0.4) is 0 Å². The molecule has 0 unspecified atom stereocenters. The lowest BCUT2D eigenvalue weighted by molar-refractivity contribution is 0.0684. The number of amides is 1. The lowest BCUT2D eigenvalue weighted by atomic mass is 10.0. The van der Waals surface area contributed by atoms with Gasteiger partial charge in [-0.05, 0) is 17.7 Å². The predicted molar refractivity (Wildman–Crippen MR) is 80.0 cm³/mol. The third kappa shape index (κ3) is 2.98. The van der Waals surface area contributed by atoms with Gasteiger partial charge in [-0.2, -0.15) is 0 Å². The minimum absolute atomic E-state index is 0.176. The standard InChI is InChI=1S/C16H13N3O4/c20-15(13-14(16(21)22)18-9-17-13)19-12(11-7-4-8-23-11)10-5-2-1-3-6-10/h1-9,12H,(H,17,18)(H,19,20)(H,21,22)/t12-/m0/s1. The number of hydrogen-bond donors (Lipinski definition) is 3. The van der Waals surface area contributed by atoms with E-state index in [9.17, 15) is 9.59 Å². The monoisotopic (exact) mass is 311 g/mol. The van der Waals surface area contributed by atoms with Crippen LogP contribution in [-0.2, 0) is 0 Å². The molecule has 0 aliphatic heterocycles. The van der Waals surface area contributed by atoms with E-state index in [1.807, 2.05) is 30.3 Å². The fraction of sp³-hybridized carbons (Fsp3) is 0.0625. The number of aromatic nitrogens is 2. The van der Waals surface area contributed by atoms with Crippen molar-refractivity contribution in [3.63, 3.8) is 0 Å². The van der Waals surface area contributed by atoms with E-state index in [0.717, 1.165) is 5.56 Å². The van der Waals surface area contributed by atoms with Crippen molar-refractivity contribution in [2.24, 2.45) is 0 Å². The molecule has 0 fully saturated rings. The Bertz CT molecular complexity index is 809. The molecule has 7 heteroatoms. The third-order valence-electron chi connectivity index (χ3n) is 3.30. The van der Waals surface area contributed by atoms with E-state index >= 15 is 0 Å². The third-order valence-corrected chi connectivity index (χ3v) is 3.30. The first-order chi connectivity index (χ1) is 11.2. The summed E-state index contributed by atoms with van der Waals surface area (Å²) < 4.78 is 5.39. The van der Waals surface area contributed by atoms with Gasteiger partial charge in [0.05, 0.1) is 12.6 Å². The number of nitrogens with zero attached hydrogens (tertiary/aromatic N) is 1. The Labute approximate surface area is 131 Å². The highest BCUT2D eigenvalue weighted by Gasteiger charge is 2.25. The minimum Gasteiger partial charge on any atom is -0.477 e. The number of aromatic amines is 1. The number of imidazole rings is 1. The van der Waals surface area contributed by atoms with Gasteiger partial charge in [0.15, 0.2) is 11.4 Å². The van der Waals surface area contributed by atoms with Gasteiger partial charge in [0.25, 0.3) is 5.91 Å². The first kappa shape index (κ1) is 14.6. The lowest BCUT2D eigenvalue weighted by Gasteiger charge is -2.16. The highest BCUT2D eigenvalue weighted by atomic mass is 16.4. The van der Waals surface area contributed by atoms with E-state index in [-0.39, 0.29) is 11.4 Å². The first-order valence-corrected chi connectivity index (χ1v) is 6.82. The van der Waals surface area contributed by atoms with E-state index in [4.69, 9.17) is 9.52 Å². The molecule has 2 aromatic heterocycles. The summed E-state index contributed by atoms with van der Waals surface area (Å²) in [6.45, 7) is 0. The molecular weight excluding hydrogens is 298 g/mol. The van der Waals surface area contributed by atoms with Crippen molar-refractivity contribution in [2.45, 2.75) is 6.04 Å². The highest BCUT2D eigenvalue weighted by molar-refractivity contribution is 6.02. The van der Waals surface area contributed by atoms with Gasteiger partial charge in [0.2, 0.25) is 0 Å². The van der Waals surface area contributed by atoms with Crippen molar-refractivity contribution < 1.29 is 19.1 Å². The van der Waals surface area contributed by atoms with E-state index < -0.39 is 17.9 Å². The van der Waals surface area contributed by atoms with E-state index in [0.29, 0.717) is 5.76 Å². The number of carbonyl (C=O) groups is 2. The smallest absolute Gasteiger partial charge is 0.354 e. The van der Waals surface area contributed by atoms with E-state index in [2.05, 4.69) is 15.3 Å². The van der Waals surface area contributed by atoms with Crippen LogP contribution < -0.4 is 5.32 Å². The Morgan fingerprint density at radius 2 is 1.96 bits per heavy atom. The molecule has 0 spiro atoms. The Morgan fingerprint density at radius 1 is 1.17 bits per heavy atom. The molecule has 1 amide bonds. The maximum Gasteiger partial charge on any atom is 0.354 e. The van der Waals surface area contributed by atoms with Gasteiger partial charge in [0.1, 0.15) is 11.8 Å². The van der Waals surface area contributed by atoms with Crippen LogP contribution in [0.4, 0.5) is 0 Å². The minimum atomic E-state index is -1.25. The Hall–Kier alpha value is -3.35. The zero-order valence-corrected chi connectivity index (χ0v) is 11.9. The summed E-state index contributed by atoms with van der Waals surface area (Å²) in [5.41, 5.74) is 0.377. The van der Waals surface area contributed by atoms with Gasteiger partial charge in [-0.15, -0.1) is 0 Å². The van der Waals surface area contributed by atoms with Crippen LogP contribution in [0.2, 0.25) is 0 Å². The Morgan fingerprint density at radius 3 is 2.61 bits per heavy atom. The number of furan rings is 1. The summed E-state index contributed by atoms with van der Waals surface area (Å²) in [5, 5.41) is 11.8. The van der Waals surface area contributed by atoms with Gasteiger partial charge < -0.3 is 19.8 Å². The predicted octanol–water partition coefficient (Wildman–Crippen LogP) is 2.22. The molecule has 0 saturated carbocycles. The van der Waals surface area contributed by atoms with Crippen LogP contribution in [0.25, 0.3) is 0 Å². The zero-order chi connectivity index (χ0) is 16.2. The molecule has 2 heterocycles. The summed E-state index contributed by atoms with van der Waals surface area (Å²) in [4.78, 5) is 29.7. The number of aromatic carboxylic acids is 1. The number of rotatable bonds is 5. The fourth-order valence-corrected chi connectivity index (χ4v) is 2.25. The summed E-state index contributed by atoms with van der Waals surface area (Å²) in [7, 11) is 0. The summed E-state index contributed by atoms with van der Waals surface area (Å²) in [5.74, 6) is -1.31. The van der Waals surface area contributed by atoms with E-state index in [1.165, 1.54) is 12.6 Å². The maximum atomic E-state index is 12.4. The number of H-pyrrole nitrogens is 1. The van der Waals surface area contributed by atoms with E-state index in [1.54, 1.807) is 12.1 Å². The molecule has 1 atom stereocenters. The Kier molecular flexibility index (Phi) is 3.92. The number of carboxylic acids is 1. The van der Waals surface area contributed by atoms with Crippen molar-refractivity contribution in [3.05, 3.63) is 77.8 Å². The van der Waals surface area contributed by atoms with Crippen molar-refractivity contribution in [1.82, 2.24) is 15.3 Å². The molecule has 23 heavy (non-hydrogen) atoms. The molecular formula is C16H13N3O4. The molecule has 0 saturated heterocycles. The second-order valence-corrected chi connectivity index (χ2v) is 4.76. The van der Waals surface area contributed by atoms with Crippen molar-refractivity contribution in [2.75, 3.05) is 0 Å². The summed E-state index contributed by atoms with van der Waals surface area (Å²) in [6.07, 6.45) is 2.68. The maximum absolute atomic E-state index is 12.4. The number of benzene rings is 1. The van der Waals surface area contributed by atoms with Crippen LogP contribution in [0.5, 0.6) is 0 Å². The summed E-state index contributed by atoms with van der Waals surface area (Å²) >= 11 is 0. The highest BCUT2D eigenvalue weighted by Crippen LogP contribution is 2.23.